The molecule has 0 heterocycles. The molecular formula is C14H24N2O. The van der Waals surface area contributed by atoms with Crippen molar-refractivity contribution in [2.24, 2.45) is 5.73 Å². The number of hydrogen-bond donors (Lipinski definition) is 2. The van der Waals surface area contributed by atoms with Crippen molar-refractivity contribution >= 4 is 0 Å². The summed E-state index contributed by atoms with van der Waals surface area (Å²) < 4.78 is 0. The van der Waals surface area contributed by atoms with Gasteiger partial charge in [0.05, 0.1) is 0 Å². The Morgan fingerprint density at radius 1 is 1.35 bits per heavy atom. The van der Waals surface area contributed by atoms with Gasteiger partial charge in [0, 0.05) is 18.6 Å². The number of phenols is 1. The molecule has 3 heteroatoms. The van der Waals surface area contributed by atoms with Crippen LogP contribution in [0, 0.1) is 0 Å². The van der Waals surface area contributed by atoms with Gasteiger partial charge >= 0.3 is 0 Å². The number of aromatic hydroxyl groups is 1. The van der Waals surface area contributed by atoms with Gasteiger partial charge in [-0.05, 0) is 37.6 Å². The van der Waals surface area contributed by atoms with Crippen molar-refractivity contribution in [1.82, 2.24) is 4.90 Å². The van der Waals surface area contributed by atoms with Crippen LogP contribution in [0.25, 0.3) is 0 Å². The first-order valence-corrected chi connectivity index (χ1v) is 6.28. The summed E-state index contributed by atoms with van der Waals surface area (Å²) in [4.78, 5) is 2.36. The molecule has 3 N–H and O–H groups in total. The third-order valence-corrected chi connectivity index (χ3v) is 3.63. The normalized spacial score (nSPS) is 14.9. The highest BCUT2D eigenvalue weighted by Crippen LogP contribution is 2.22. The highest BCUT2D eigenvalue weighted by molar-refractivity contribution is 5.27. The lowest BCUT2D eigenvalue weighted by Crippen LogP contribution is -2.50. The zero-order valence-corrected chi connectivity index (χ0v) is 11.1. The minimum Gasteiger partial charge on any atom is -0.508 e. The first-order valence-electron chi connectivity index (χ1n) is 6.28. The number of rotatable bonds is 6. The van der Waals surface area contributed by atoms with Gasteiger partial charge in [0.2, 0.25) is 0 Å². The standard InChI is InChI=1S/C14H24N2O/c1-4-14(3,11-15)16(5-2)10-12-7-6-8-13(17)9-12/h6-9,17H,4-5,10-11,15H2,1-3H3. The van der Waals surface area contributed by atoms with E-state index in [1.54, 1.807) is 6.07 Å². The molecule has 0 bridgehead atoms. The molecule has 0 aliphatic rings. The van der Waals surface area contributed by atoms with E-state index in [-0.39, 0.29) is 5.54 Å². The highest BCUT2D eigenvalue weighted by atomic mass is 16.3. The maximum Gasteiger partial charge on any atom is 0.115 e. The van der Waals surface area contributed by atoms with Crippen LogP contribution in [0.4, 0.5) is 0 Å². The fraction of sp³-hybridized carbons (Fsp3) is 0.571. The van der Waals surface area contributed by atoms with Gasteiger partial charge in [0.1, 0.15) is 5.75 Å². The molecule has 0 aliphatic heterocycles. The molecule has 0 radical (unpaired) electrons. The predicted octanol–water partition coefficient (Wildman–Crippen LogP) is 2.34. The molecular weight excluding hydrogens is 212 g/mol. The molecule has 1 aromatic rings. The lowest BCUT2D eigenvalue weighted by atomic mass is 9.95. The molecule has 0 amide bonds. The number of phenolic OH excluding ortho intramolecular Hbond substituents is 1. The Hall–Kier alpha value is -1.06. The van der Waals surface area contributed by atoms with E-state index in [1.807, 2.05) is 18.2 Å². The topological polar surface area (TPSA) is 49.5 Å². The summed E-state index contributed by atoms with van der Waals surface area (Å²) in [5, 5.41) is 9.47. The molecule has 0 fully saturated rings. The minimum atomic E-state index is 0.0280. The summed E-state index contributed by atoms with van der Waals surface area (Å²) in [6, 6.07) is 7.43. The van der Waals surface area contributed by atoms with Gasteiger partial charge in [-0.1, -0.05) is 26.0 Å². The summed E-state index contributed by atoms with van der Waals surface area (Å²) in [5.41, 5.74) is 7.04. The molecule has 0 saturated heterocycles. The molecule has 1 aromatic carbocycles. The fourth-order valence-electron chi connectivity index (χ4n) is 2.06. The van der Waals surface area contributed by atoms with Gasteiger partial charge in [0.25, 0.3) is 0 Å². The molecule has 0 spiro atoms. The van der Waals surface area contributed by atoms with Crippen LogP contribution in [0.2, 0.25) is 0 Å². The van der Waals surface area contributed by atoms with Crippen molar-refractivity contribution in [1.29, 1.82) is 0 Å². The number of benzene rings is 1. The third kappa shape index (κ3) is 3.45. The fourth-order valence-corrected chi connectivity index (χ4v) is 2.06. The van der Waals surface area contributed by atoms with Gasteiger partial charge in [0.15, 0.2) is 0 Å². The Balaban J connectivity index is 2.83. The molecule has 96 valence electrons. The maximum absolute atomic E-state index is 9.47. The highest BCUT2D eigenvalue weighted by Gasteiger charge is 2.27. The van der Waals surface area contributed by atoms with E-state index in [0.29, 0.717) is 12.3 Å². The average Bonchev–Trinajstić information content (AvgIpc) is 2.35. The van der Waals surface area contributed by atoms with E-state index in [9.17, 15) is 5.11 Å². The van der Waals surface area contributed by atoms with Crippen LogP contribution in [0.5, 0.6) is 5.75 Å². The van der Waals surface area contributed by atoms with E-state index < -0.39 is 0 Å². The minimum absolute atomic E-state index is 0.0280. The summed E-state index contributed by atoms with van der Waals surface area (Å²) >= 11 is 0. The smallest absolute Gasteiger partial charge is 0.115 e. The summed E-state index contributed by atoms with van der Waals surface area (Å²) in [5.74, 6) is 0.324. The largest absolute Gasteiger partial charge is 0.508 e. The van der Waals surface area contributed by atoms with Crippen molar-refractivity contribution in [2.75, 3.05) is 13.1 Å². The Kier molecular flexibility index (Phi) is 4.97. The lowest BCUT2D eigenvalue weighted by Gasteiger charge is -2.39. The lowest BCUT2D eigenvalue weighted by molar-refractivity contribution is 0.104. The first kappa shape index (κ1) is 14.0. The number of hydrogen-bond acceptors (Lipinski definition) is 3. The van der Waals surface area contributed by atoms with Crippen LogP contribution in [-0.4, -0.2) is 28.6 Å². The van der Waals surface area contributed by atoms with Crippen LogP contribution in [0.1, 0.15) is 32.8 Å². The summed E-state index contributed by atoms with van der Waals surface area (Å²) in [7, 11) is 0. The van der Waals surface area contributed by atoms with Gasteiger partial charge in [-0.15, -0.1) is 0 Å². The predicted molar refractivity (Wildman–Crippen MR) is 71.9 cm³/mol. The average molecular weight is 236 g/mol. The summed E-state index contributed by atoms with van der Waals surface area (Å²) in [6.45, 7) is 8.93. The van der Waals surface area contributed by atoms with E-state index in [0.717, 1.165) is 25.1 Å². The molecule has 3 nitrogen and oxygen atoms in total. The van der Waals surface area contributed by atoms with Gasteiger partial charge < -0.3 is 10.8 Å². The van der Waals surface area contributed by atoms with Gasteiger partial charge in [-0.25, -0.2) is 0 Å². The molecule has 0 aromatic heterocycles. The number of nitrogens with two attached hydrogens (primary N) is 1. The molecule has 1 rings (SSSR count). The monoisotopic (exact) mass is 236 g/mol. The van der Waals surface area contributed by atoms with Crippen molar-refractivity contribution < 1.29 is 5.11 Å². The zero-order valence-electron chi connectivity index (χ0n) is 11.1. The van der Waals surface area contributed by atoms with Crippen LogP contribution in [0.3, 0.4) is 0 Å². The Labute approximate surface area is 104 Å². The van der Waals surface area contributed by atoms with Crippen LogP contribution in [0.15, 0.2) is 24.3 Å². The molecule has 17 heavy (non-hydrogen) atoms. The summed E-state index contributed by atoms with van der Waals surface area (Å²) in [6.07, 6.45) is 1.02. The second-order valence-corrected chi connectivity index (χ2v) is 4.74. The quantitative estimate of drug-likeness (QED) is 0.797. The van der Waals surface area contributed by atoms with Crippen LogP contribution < -0.4 is 5.73 Å². The molecule has 0 saturated carbocycles. The van der Waals surface area contributed by atoms with E-state index in [2.05, 4.69) is 25.7 Å². The van der Waals surface area contributed by atoms with Crippen LogP contribution in [-0.2, 0) is 6.54 Å². The zero-order chi connectivity index (χ0) is 12.9. The Morgan fingerprint density at radius 3 is 2.53 bits per heavy atom. The van der Waals surface area contributed by atoms with Crippen LogP contribution >= 0.6 is 0 Å². The van der Waals surface area contributed by atoms with Crippen molar-refractivity contribution in [3.05, 3.63) is 29.8 Å². The van der Waals surface area contributed by atoms with Crippen molar-refractivity contribution in [2.45, 2.75) is 39.3 Å². The number of likely N-dealkylation sites (N-methyl/N-ethyl adjacent to an activating group) is 1. The SMILES string of the molecule is CCN(Cc1cccc(O)c1)C(C)(CC)CN. The molecule has 1 atom stereocenters. The van der Waals surface area contributed by atoms with Gasteiger partial charge in [-0.3, -0.25) is 4.90 Å². The van der Waals surface area contributed by atoms with E-state index in [1.165, 1.54) is 0 Å². The van der Waals surface area contributed by atoms with E-state index in [4.69, 9.17) is 5.73 Å². The molecule has 1 unspecified atom stereocenters. The number of nitrogens with zero attached hydrogens (tertiary/aromatic N) is 1. The van der Waals surface area contributed by atoms with Crippen molar-refractivity contribution in [3.63, 3.8) is 0 Å². The Morgan fingerprint density at radius 2 is 2.06 bits per heavy atom. The maximum atomic E-state index is 9.47. The van der Waals surface area contributed by atoms with Crippen molar-refractivity contribution in [3.8, 4) is 5.75 Å². The Bertz CT molecular complexity index is 348. The molecule has 0 aliphatic carbocycles. The second-order valence-electron chi connectivity index (χ2n) is 4.74. The first-order chi connectivity index (χ1) is 8.05. The van der Waals surface area contributed by atoms with Gasteiger partial charge in [-0.2, -0.15) is 0 Å². The third-order valence-electron chi connectivity index (χ3n) is 3.63. The second kappa shape index (κ2) is 6.03. The van der Waals surface area contributed by atoms with E-state index >= 15 is 0 Å².